The van der Waals surface area contributed by atoms with E-state index < -0.39 is 10.0 Å². The van der Waals surface area contributed by atoms with Gasteiger partial charge < -0.3 is 10.2 Å². The van der Waals surface area contributed by atoms with Crippen LogP contribution in [0, 0.1) is 11.8 Å². The Labute approximate surface area is 128 Å². The zero-order chi connectivity index (χ0) is 15.6. The summed E-state index contributed by atoms with van der Waals surface area (Å²) in [6, 6.07) is 5.36. The quantitative estimate of drug-likeness (QED) is 0.830. The molecule has 2 heterocycles. The minimum absolute atomic E-state index is 0.0588. The Morgan fingerprint density at radius 3 is 2.95 bits per heavy atom. The van der Waals surface area contributed by atoms with Gasteiger partial charge in [-0.25, -0.2) is 18.1 Å². The van der Waals surface area contributed by atoms with Gasteiger partial charge >= 0.3 is 0 Å². The molecule has 0 aromatic carbocycles. The van der Waals surface area contributed by atoms with Gasteiger partial charge in [-0.2, -0.15) is 0 Å². The van der Waals surface area contributed by atoms with E-state index in [1.54, 1.807) is 24.6 Å². The van der Waals surface area contributed by atoms with Gasteiger partial charge in [0.15, 0.2) is 0 Å². The highest BCUT2D eigenvalue weighted by molar-refractivity contribution is 7.90. The van der Waals surface area contributed by atoms with Gasteiger partial charge in [0.25, 0.3) is 0 Å². The molecule has 7 heteroatoms. The molecule has 0 amide bonds. The van der Waals surface area contributed by atoms with E-state index in [0.29, 0.717) is 17.1 Å². The van der Waals surface area contributed by atoms with Crippen LogP contribution in [-0.2, 0) is 10.0 Å². The lowest BCUT2D eigenvalue weighted by Gasteiger charge is -2.01. The smallest absolute Gasteiger partial charge is 0.215 e. The fourth-order valence-corrected chi connectivity index (χ4v) is 3.19. The number of nitrogens with two attached hydrogens (primary N) is 1. The van der Waals surface area contributed by atoms with Crippen LogP contribution in [0.2, 0.25) is 0 Å². The highest BCUT2D eigenvalue weighted by Crippen LogP contribution is 2.27. The Morgan fingerprint density at radius 1 is 1.45 bits per heavy atom. The summed E-state index contributed by atoms with van der Waals surface area (Å²) < 4.78 is 31.1. The van der Waals surface area contributed by atoms with Crippen molar-refractivity contribution in [1.29, 1.82) is 0 Å². The van der Waals surface area contributed by atoms with Crippen LogP contribution in [0.5, 0.6) is 0 Å². The maximum absolute atomic E-state index is 11.7. The molecule has 2 aromatic rings. The first-order valence-corrected chi connectivity index (χ1v) is 8.37. The van der Waals surface area contributed by atoms with E-state index in [0.717, 1.165) is 18.4 Å². The second-order valence-electron chi connectivity index (χ2n) is 5.00. The summed E-state index contributed by atoms with van der Waals surface area (Å²) in [6.45, 7) is 0.0588. The molecule has 3 N–H and O–H groups in total. The predicted molar refractivity (Wildman–Crippen MR) is 83.2 cm³/mol. The van der Waals surface area contributed by atoms with Crippen molar-refractivity contribution in [2.75, 3.05) is 12.3 Å². The molecule has 0 atom stereocenters. The molecule has 1 fully saturated rings. The molecule has 1 saturated carbocycles. The Bertz CT molecular complexity index is 829. The number of furan rings is 1. The first-order chi connectivity index (χ1) is 10.6. The summed E-state index contributed by atoms with van der Waals surface area (Å²) in [5.41, 5.74) is 7.09. The molecule has 0 bridgehead atoms. The third-order valence-electron chi connectivity index (χ3n) is 3.27. The number of hydrogen-bond acceptors (Lipinski definition) is 5. The Morgan fingerprint density at radius 2 is 2.27 bits per heavy atom. The van der Waals surface area contributed by atoms with Gasteiger partial charge in [-0.15, -0.1) is 0 Å². The number of sulfonamides is 1. The summed E-state index contributed by atoms with van der Waals surface area (Å²) in [7, 11) is -3.21. The van der Waals surface area contributed by atoms with Crippen LogP contribution < -0.4 is 10.5 Å². The highest BCUT2D eigenvalue weighted by Gasteiger charge is 2.34. The summed E-state index contributed by atoms with van der Waals surface area (Å²) in [6.07, 6.45) is 4.63. The molecule has 0 unspecified atom stereocenters. The molecule has 1 aliphatic carbocycles. The number of nitrogens with one attached hydrogen (secondary N) is 1. The van der Waals surface area contributed by atoms with Crippen molar-refractivity contribution in [1.82, 2.24) is 9.71 Å². The van der Waals surface area contributed by atoms with Crippen LogP contribution in [0.1, 0.15) is 18.4 Å². The molecule has 3 rings (SSSR count). The van der Waals surface area contributed by atoms with Crippen molar-refractivity contribution in [2.24, 2.45) is 0 Å². The largest absolute Gasteiger partial charge is 0.464 e. The van der Waals surface area contributed by atoms with Crippen molar-refractivity contribution in [2.45, 2.75) is 18.1 Å². The topological polar surface area (TPSA) is 98.2 Å². The monoisotopic (exact) mass is 317 g/mol. The number of pyridine rings is 1. The highest BCUT2D eigenvalue weighted by atomic mass is 32.2. The molecule has 114 valence electrons. The second kappa shape index (κ2) is 5.83. The van der Waals surface area contributed by atoms with Crippen LogP contribution >= 0.6 is 0 Å². The summed E-state index contributed by atoms with van der Waals surface area (Å²) in [5, 5.41) is -0.247. The average molecular weight is 317 g/mol. The van der Waals surface area contributed by atoms with E-state index in [-0.39, 0.29) is 11.8 Å². The number of hydrogen-bond donors (Lipinski definition) is 2. The third kappa shape index (κ3) is 3.30. The number of aromatic nitrogens is 1. The predicted octanol–water partition coefficient (Wildman–Crippen LogP) is 1.36. The molecule has 6 nitrogen and oxygen atoms in total. The second-order valence-corrected chi connectivity index (χ2v) is 7.05. The van der Waals surface area contributed by atoms with Gasteiger partial charge in [-0.3, -0.25) is 0 Å². The van der Waals surface area contributed by atoms with Gasteiger partial charge in [0.05, 0.1) is 23.6 Å². The number of nitrogen functional groups attached to an aromatic ring is 1. The summed E-state index contributed by atoms with van der Waals surface area (Å²) in [4.78, 5) is 4.08. The minimum Gasteiger partial charge on any atom is -0.464 e. The van der Waals surface area contributed by atoms with Gasteiger partial charge in [-0.05, 0) is 31.0 Å². The van der Waals surface area contributed by atoms with Crippen LogP contribution in [0.4, 0.5) is 5.82 Å². The maximum atomic E-state index is 11.7. The lowest BCUT2D eigenvalue weighted by Crippen LogP contribution is -2.27. The van der Waals surface area contributed by atoms with Crippen LogP contribution in [0.15, 0.2) is 35.1 Å². The molecular weight excluding hydrogens is 302 g/mol. The van der Waals surface area contributed by atoms with Crippen molar-refractivity contribution >= 4 is 15.8 Å². The van der Waals surface area contributed by atoms with Gasteiger partial charge in [0.1, 0.15) is 11.6 Å². The maximum Gasteiger partial charge on any atom is 0.215 e. The zero-order valence-electron chi connectivity index (χ0n) is 11.7. The fourth-order valence-electron chi connectivity index (χ4n) is 1.93. The van der Waals surface area contributed by atoms with Crippen LogP contribution in [0.3, 0.4) is 0 Å². The number of anilines is 1. The molecule has 2 aromatic heterocycles. The van der Waals surface area contributed by atoms with Crippen LogP contribution in [-0.4, -0.2) is 25.2 Å². The normalized spacial score (nSPS) is 14.4. The number of nitrogens with zero attached hydrogens (tertiary/aromatic N) is 1. The van der Waals surface area contributed by atoms with Crippen molar-refractivity contribution in [3.05, 3.63) is 36.2 Å². The Hall–Kier alpha value is -2.30. The lowest BCUT2D eigenvalue weighted by molar-refractivity contribution is 0.582. The number of rotatable bonds is 4. The van der Waals surface area contributed by atoms with Crippen molar-refractivity contribution < 1.29 is 12.8 Å². The van der Waals surface area contributed by atoms with E-state index in [1.807, 2.05) is 6.07 Å². The van der Waals surface area contributed by atoms with E-state index in [4.69, 9.17) is 10.2 Å². The van der Waals surface area contributed by atoms with E-state index in [2.05, 4.69) is 21.5 Å². The van der Waals surface area contributed by atoms with E-state index >= 15 is 0 Å². The molecule has 22 heavy (non-hydrogen) atoms. The average Bonchev–Trinajstić information content (AvgIpc) is 3.22. The van der Waals surface area contributed by atoms with Crippen molar-refractivity contribution in [3.8, 4) is 23.2 Å². The minimum atomic E-state index is -3.21. The molecule has 0 radical (unpaired) electrons. The van der Waals surface area contributed by atoms with E-state index in [1.165, 1.54) is 0 Å². The molecule has 0 saturated heterocycles. The Kier molecular flexibility index (Phi) is 3.88. The van der Waals surface area contributed by atoms with Crippen LogP contribution in [0.25, 0.3) is 11.3 Å². The van der Waals surface area contributed by atoms with Crippen molar-refractivity contribution in [3.63, 3.8) is 0 Å². The summed E-state index contributed by atoms with van der Waals surface area (Å²) >= 11 is 0. The fraction of sp³-hybridized carbons (Fsp3) is 0.267. The summed E-state index contributed by atoms with van der Waals surface area (Å²) in [5.74, 6) is 6.57. The van der Waals surface area contributed by atoms with Gasteiger partial charge in [0.2, 0.25) is 10.0 Å². The lowest BCUT2D eigenvalue weighted by atomic mass is 10.1. The standard InChI is InChI=1S/C15H15N3O3S/c16-15-11(3-1-7-18-22(19,20)13-5-6-13)9-12(10-17-15)14-4-2-8-21-14/h2,4,8-10,13,18H,5-7H2,(H2,16,17). The first kappa shape index (κ1) is 14.6. The first-order valence-electron chi connectivity index (χ1n) is 6.83. The SMILES string of the molecule is Nc1ncc(-c2ccco2)cc1C#CCNS(=O)(=O)C1CC1. The Balaban J connectivity index is 1.72. The van der Waals surface area contributed by atoms with Gasteiger partial charge in [0, 0.05) is 11.8 Å². The molecule has 0 aliphatic heterocycles. The van der Waals surface area contributed by atoms with E-state index in [9.17, 15) is 8.42 Å². The van der Waals surface area contributed by atoms with Gasteiger partial charge in [-0.1, -0.05) is 11.8 Å². The zero-order valence-corrected chi connectivity index (χ0v) is 12.6. The molecule has 1 aliphatic rings. The molecule has 0 spiro atoms. The third-order valence-corrected chi connectivity index (χ3v) is 5.17. The molecular formula is C15H15N3O3S.